The lowest BCUT2D eigenvalue weighted by Gasteiger charge is -2.36. The van der Waals surface area contributed by atoms with Crippen molar-refractivity contribution in [2.45, 2.75) is 44.1 Å². The van der Waals surface area contributed by atoms with E-state index in [0.29, 0.717) is 6.07 Å². The van der Waals surface area contributed by atoms with Crippen molar-refractivity contribution < 1.29 is 31.4 Å². The first-order valence-electron chi connectivity index (χ1n) is 5.68. The van der Waals surface area contributed by atoms with E-state index >= 15 is 0 Å². The Morgan fingerprint density at radius 3 is 1.40 bits per heavy atom. The lowest BCUT2D eigenvalue weighted by atomic mass is 9.77. The highest BCUT2D eigenvalue weighted by Gasteiger charge is 2.72. The van der Waals surface area contributed by atoms with Gasteiger partial charge in [0.1, 0.15) is 0 Å². The van der Waals surface area contributed by atoms with E-state index in [2.05, 4.69) is 0 Å². The van der Waals surface area contributed by atoms with Gasteiger partial charge in [0.2, 0.25) is 0 Å². The van der Waals surface area contributed by atoms with Crippen molar-refractivity contribution in [3.8, 4) is 0 Å². The van der Waals surface area contributed by atoms with Gasteiger partial charge in [-0.05, 0) is 11.0 Å². The van der Waals surface area contributed by atoms with Crippen LogP contribution < -0.4 is 0 Å². The highest BCUT2D eigenvalue weighted by atomic mass is 19.4. The summed E-state index contributed by atoms with van der Waals surface area (Å²) in [5, 5.41) is 9.45. The van der Waals surface area contributed by atoms with Crippen molar-refractivity contribution in [2.24, 2.45) is 0 Å². The molecule has 7 heteroatoms. The molecule has 0 aliphatic heterocycles. The van der Waals surface area contributed by atoms with Gasteiger partial charge in [0.05, 0.1) is 0 Å². The molecule has 1 aromatic rings. The number of hydrogen-bond acceptors (Lipinski definition) is 1. The van der Waals surface area contributed by atoms with E-state index in [1.165, 1.54) is 26.8 Å². The first kappa shape index (κ1) is 16.8. The molecule has 0 bridgehead atoms. The van der Waals surface area contributed by atoms with Crippen LogP contribution in [0.3, 0.4) is 0 Å². The second-order valence-corrected chi connectivity index (χ2v) is 5.50. The SMILES string of the molecule is CC(C)(C)c1ccccc1C(O)(C(F)(F)F)C(F)(F)F. The molecule has 0 aliphatic rings. The van der Waals surface area contributed by atoms with Crippen LogP contribution in [-0.4, -0.2) is 17.5 Å². The predicted octanol–water partition coefficient (Wildman–Crippen LogP) is 4.30. The standard InChI is InChI=1S/C13H14F6O/c1-10(2,3)8-6-4-5-7-9(8)11(20,12(14,15)16)13(17,18)19/h4-7,20H,1-3H3. The summed E-state index contributed by atoms with van der Waals surface area (Å²) in [6.45, 7) is 4.41. The van der Waals surface area contributed by atoms with Crippen LogP contribution in [-0.2, 0) is 11.0 Å². The third-order valence-electron chi connectivity index (χ3n) is 2.95. The Balaban J connectivity index is 3.70. The second-order valence-electron chi connectivity index (χ2n) is 5.50. The summed E-state index contributed by atoms with van der Waals surface area (Å²) in [5.41, 5.74) is -7.27. The van der Waals surface area contributed by atoms with Crippen LogP contribution >= 0.6 is 0 Å². The first-order chi connectivity index (χ1) is 8.73. The van der Waals surface area contributed by atoms with E-state index in [0.717, 1.165) is 12.1 Å². The number of hydrogen-bond donors (Lipinski definition) is 1. The molecule has 1 aromatic carbocycles. The topological polar surface area (TPSA) is 20.2 Å². The van der Waals surface area contributed by atoms with Crippen molar-refractivity contribution in [1.29, 1.82) is 0 Å². The summed E-state index contributed by atoms with van der Waals surface area (Å²) < 4.78 is 77.3. The van der Waals surface area contributed by atoms with Crippen LogP contribution in [0.4, 0.5) is 26.3 Å². The Morgan fingerprint density at radius 1 is 0.750 bits per heavy atom. The van der Waals surface area contributed by atoms with Gasteiger partial charge < -0.3 is 5.11 Å². The van der Waals surface area contributed by atoms with Gasteiger partial charge in [-0.1, -0.05) is 45.0 Å². The van der Waals surface area contributed by atoms with Gasteiger partial charge in [-0.2, -0.15) is 26.3 Å². The molecule has 0 saturated heterocycles. The van der Waals surface area contributed by atoms with Crippen LogP contribution in [0.1, 0.15) is 31.9 Å². The third kappa shape index (κ3) is 2.63. The Morgan fingerprint density at radius 2 is 1.10 bits per heavy atom. The largest absolute Gasteiger partial charge is 0.430 e. The van der Waals surface area contributed by atoms with Crippen LogP contribution in [0.2, 0.25) is 0 Å². The first-order valence-corrected chi connectivity index (χ1v) is 5.68. The molecule has 0 fully saturated rings. The molecule has 1 rings (SSSR count). The van der Waals surface area contributed by atoms with Gasteiger partial charge in [0.15, 0.2) is 0 Å². The number of benzene rings is 1. The van der Waals surface area contributed by atoms with Crippen LogP contribution in [0.15, 0.2) is 24.3 Å². The molecule has 1 N–H and O–H groups in total. The van der Waals surface area contributed by atoms with Gasteiger partial charge in [-0.15, -0.1) is 0 Å². The summed E-state index contributed by atoms with van der Waals surface area (Å²) in [5.74, 6) is 0. The molecule has 1 nitrogen and oxygen atoms in total. The lowest BCUT2D eigenvalue weighted by molar-refractivity contribution is -0.376. The zero-order valence-corrected chi connectivity index (χ0v) is 11.0. The minimum Gasteiger partial charge on any atom is -0.369 e. The fourth-order valence-corrected chi connectivity index (χ4v) is 1.92. The zero-order valence-electron chi connectivity index (χ0n) is 11.0. The van der Waals surface area contributed by atoms with Gasteiger partial charge in [-0.25, -0.2) is 0 Å². The van der Waals surface area contributed by atoms with Crippen molar-refractivity contribution in [2.75, 3.05) is 0 Å². The van der Waals surface area contributed by atoms with Crippen LogP contribution in [0.25, 0.3) is 0 Å². The molecule has 0 aliphatic carbocycles. The summed E-state index contributed by atoms with van der Waals surface area (Å²) in [7, 11) is 0. The molecule has 0 unspecified atom stereocenters. The molecule has 0 aromatic heterocycles. The van der Waals surface area contributed by atoms with Crippen LogP contribution in [0.5, 0.6) is 0 Å². The fourth-order valence-electron chi connectivity index (χ4n) is 1.92. The summed E-state index contributed by atoms with van der Waals surface area (Å²) in [4.78, 5) is 0. The minimum atomic E-state index is -5.87. The highest BCUT2D eigenvalue weighted by Crippen LogP contribution is 2.52. The number of rotatable bonds is 1. The van der Waals surface area contributed by atoms with Gasteiger partial charge in [0.25, 0.3) is 5.60 Å². The maximum absolute atomic E-state index is 12.9. The quantitative estimate of drug-likeness (QED) is 0.767. The Hall–Kier alpha value is -1.24. The van der Waals surface area contributed by atoms with E-state index in [4.69, 9.17) is 0 Å². The predicted molar refractivity (Wildman–Crippen MR) is 61.1 cm³/mol. The third-order valence-corrected chi connectivity index (χ3v) is 2.95. The average Bonchev–Trinajstić information content (AvgIpc) is 2.23. The van der Waals surface area contributed by atoms with E-state index in [1.807, 2.05) is 0 Å². The van der Waals surface area contributed by atoms with E-state index in [-0.39, 0.29) is 5.56 Å². The van der Waals surface area contributed by atoms with E-state index in [9.17, 15) is 31.4 Å². The molecule has 0 radical (unpaired) electrons. The Labute approximate surface area is 112 Å². The van der Waals surface area contributed by atoms with E-state index in [1.54, 1.807) is 0 Å². The monoisotopic (exact) mass is 300 g/mol. The van der Waals surface area contributed by atoms with Crippen molar-refractivity contribution in [1.82, 2.24) is 0 Å². The summed E-state index contributed by atoms with van der Waals surface area (Å²) >= 11 is 0. The molecule has 20 heavy (non-hydrogen) atoms. The number of aliphatic hydroxyl groups is 1. The summed E-state index contributed by atoms with van der Waals surface area (Å²) in [6.07, 6.45) is -11.7. The normalized spacial score (nSPS) is 14.5. The molecule has 0 spiro atoms. The summed E-state index contributed by atoms with van der Waals surface area (Å²) in [6, 6.07) is 4.17. The highest BCUT2D eigenvalue weighted by molar-refractivity contribution is 5.39. The van der Waals surface area contributed by atoms with Crippen LogP contribution in [0, 0.1) is 0 Å². The molecule has 114 valence electrons. The van der Waals surface area contributed by atoms with Crippen molar-refractivity contribution in [3.63, 3.8) is 0 Å². The maximum atomic E-state index is 12.9. The molecular weight excluding hydrogens is 286 g/mol. The molecule has 0 atom stereocenters. The number of halogens is 6. The minimum absolute atomic E-state index is 0.211. The lowest BCUT2D eigenvalue weighted by Crippen LogP contribution is -2.54. The second kappa shape index (κ2) is 4.65. The van der Waals surface area contributed by atoms with Gasteiger partial charge in [-0.3, -0.25) is 0 Å². The molecule has 0 saturated carbocycles. The van der Waals surface area contributed by atoms with Gasteiger partial charge in [0, 0.05) is 5.56 Å². The zero-order chi connectivity index (χ0) is 16.0. The maximum Gasteiger partial charge on any atom is 0.430 e. The molecule has 0 amide bonds. The van der Waals surface area contributed by atoms with Crippen molar-refractivity contribution >= 4 is 0 Å². The molecular formula is C13H14F6O. The van der Waals surface area contributed by atoms with E-state index < -0.39 is 28.9 Å². The Kier molecular flexibility index (Phi) is 3.91. The fraction of sp³-hybridized carbons (Fsp3) is 0.538. The average molecular weight is 300 g/mol. The number of alkyl halides is 6. The van der Waals surface area contributed by atoms with Crippen molar-refractivity contribution in [3.05, 3.63) is 35.4 Å². The molecule has 0 heterocycles. The van der Waals surface area contributed by atoms with Gasteiger partial charge >= 0.3 is 12.4 Å². The smallest absolute Gasteiger partial charge is 0.369 e. The Bertz CT molecular complexity index is 467.